The van der Waals surface area contributed by atoms with Gasteiger partial charge in [0.2, 0.25) is 0 Å². The van der Waals surface area contributed by atoms with Crippen molar-refractivity contribution in [2.45, 2.75) is 13.3 Å². The molecule has 1 heteroatoms. The maximum atomic E-state index is 10.5. The van der Waals surface area contributed by atoms with E-state index in [1.54, 1.807) is 0 Å². The Hall–Kier alpha value is -0.330. The van der Waals surface area contributed by atoms with Crippen molar-refractivity contribution in [3.05, 3.63) is 18.8 Å². The van der Waals surface area contributed by atoms with Gasteiger partial charge in [-0.3, -0.25) is 4.79 Å². The molecule has 0 unspecified atom stereocenters. The molecule has 0 saturated heterocycles. The summed E-state index contributed by atoms with van der Waals surface area (Å²) in [7, 11) is 0. The summed E-state index contributed by atoms with van der Waals surface area (Å²) in [5.74, 6) is 1.15. The van der Waals surface area contributed by atoms with Crippen LogP contribution in [0, 0.1) is 18.8 Å². The van der Waals surface area contributed by atoms with Crippen LogP contribution in [0.4, 0.5) is 0 Å². The van der Waals surface area contributed by atoms with Gasteiger partial charge in [-0.05, 0) is 12.8 Å². The number of rotatable bonds is 0. The number of carbonyl (C=O) groups excluding carboxylic acids is 1. The van der Waals surface area contributed by atoms with Crippen molar-refractivity contribution in [1.82, 2.24) is 0 Å². The topological polar surface area (TPSA) is 17.1 Å². The van der Waals surface area contributed by atoms with Gasteiger partial charge < -0.3 is 0 Å². The zero-order valence-corrected chi connectivity index (χ0v) is 4.27. The molecule has 3 radical (unpaired) electrons. The van der Waals surface area contributed by atoms with Crippen molar-refractivity contribution in [2.75, 3.05) is 0 Å². The highest BCUT2D eigenvalue weighted by atomic mass is 16.1. The van der Waals surface area contributed by atoms with Gasteiger partial charge in [0.15, 0.2) is 0 Å². The van der Waals surface area contributed by atoms with E-state index in [0.29, 0.717) is 6.42 Å². The normalized spacial score (nSPS) is 23.9. The molecule has 0 N–H and O–H groups in total. The Kier molecular flexibility index (Phi) is 1.13. The van der Waals surface area contributed by atoms with E-state index in [2.05, 4.69) is 0 Å². The Balaban J connectivity index is 2.48. The Morgan fingerprint density at radius 3 is 2.57 bits per heavy atom. The molecular weight excluding hydrogens is 88.1 g/mol. The summed E-state index contributed by atoms with van der Waals surface area (Å²) in [5, 5.41) is 0. The Morgan fingerprint density at radius 1 is 1.71 bits per heavy atom. The molecule has 1 nitrogen and oxygen atoms in total. The van der Waals surface area contributed by atoms with Crippen molar-refractivity contribution in [3.63, 3.8) is 0 Å². The van der Waals surface area contributed by atoms with E-state index in [-0.39, 0.29) is 5.78 Å². The van der Waals surface area contributed by atoms with E-state index in [9.17, 15) is 4.79 Å². The third kappa shape index (κ3) is 0.817. The lowest BCUT2D eigenvalue weighted by Crippen LogP contribution is -1.96. The second-order valence-electron chi connectivity index (χ2n) is 1.71. The van der Waals surface area contributed by atoms with Gasteiger partial charge in [0, 0.05) is 12.3 Å². The molecule has 37 valence electrons. The first-order valence-corrected chi connectivity index (χ1v) is 2.34. The monoisotopic (exact) mass is 95.0 g/mol. The van der Waals surface area contributed by atoms with Crippen LogP contribution in [-0.2, 0) is 4.79 Å². The number of Topliss-reactive ketones (excluding diaryl/α,β-unsaturated/α-hetero) is 1. The number of hydrogen-bond donors (Lipinski definition) is 0. The molecule has 1 aliphatic rings. The maximum Gasteiger partial charge on any atom is 0.140 e. The largest absolute Gasteiger partial charge is 0.299 e. The quantitative estimate of drug-likeness (QED) is 0.438. The van der Waals surface area contributed by atoms with Gasteiger partial charge in [-0.25, -0.2) is 0 Å². The molecular formula is C6H7O. The van der Waals surface area contributed by atoms with Gasteiger partial charge in [0.05, 0.1) is 0 Å². The van der Waals surface area contributed by atoms with E-state index in [1.165, 1.54) is 0 Å². The Labute approximate surface area is 43.7 Å². The lowest BCUT2D eigenvalue weighted by molar-refractivity contribution is -0.115. The first-order chi connectivity index (χ1) is 3.30. The second kappa shape index (κ2) is 1.65. The zero-order valence-electron chi connectivity index (χ0n) is 4.27. The van der Waals surface area contributed by atoms with Crippen LogP contribution in [-0.4, -0.2) is 5.78 Å². The van der Waals surface area contributed by atoms with Crippen LogP contribution in [0.5, 0.6) is 0 Å². The number of ketones is 1. The summed E-state index contributed by atoms with van der Waals surface area (Å²) in [5.41, 5.74) is 0. The van der Waals surface area contributed by atoms with Crippen molar-refractivity contribution in [3.8, 4) is 0 Å². The minimum atomic E-state index is 0.264. The average Bonchev–Trinajstić information content (AvgIpc) is 1.91. The van der Waals surface area contributed by atoms with Crippen molar-refractivity contribution in [2.24, 2.45) is 0 Å². The summed E-state index contributed by atoms with van der Waals surface area (Å²) in [4.78, 5) is 10.5. The van der Waals surface area contributed by atoms with Gasteiger partial charge in [-0.2, -0.15) is 0 Å². The third-order valence-corrected chi connectivity index (χ3v) is 1.11. The summed E-state index contributed by atoms with van der Waals surface area (Å²) < 4.78 is 0. The molecule has 0 spiro atoms. The number of carbonyl (C=O) groups is 1. The van der Waals surface area contributed by atoms with Gasteiger partial charge in [0.25, 0.3) is 0 Å². The molecule has 0 heterocycles. The van der Waals surface area contributed by atoms with Crippen LogP contribution < -0.4 is 0 Å². The summed E-state index contributed by atoms with van der Waals surface area (Å²) in [6.07, 6.45) is 4.37. The highest BCUT2D eigenvalue weighted by Gasteiger charge is 2.19. The molecule has 0 atom stereocenters. The highest BCUT2D eigenvalue weighted by molar-refractivity contribution is 5.97. The van der Waals surface area contributed by atoms with Crippen molar-refractivity contribution < 1.29 is 4.79 Å². The van der Waals surface area contributed by atoms with Gasteiger partial charge in [-0.15, -0.1) is 0 Å². The Morgan fingerprint density at radius 2 is 2.43 bits per heavy atom. The first kappa shape index (κ1) is 4.82. The zero-order chi connectivity index (χ0) is 5.28. The van der Waals surface area contributed by atoms with E-state index in [0.717, 1.165) is 5.92 Å². The Bertz CT molecular complexity index is 86.2. The predicted molar refractivity (Wildman–Crippen MR) is 27.1 cm³/mol. The minimum Gasteiger partial charge on any atom is -0.299 e. The molecule has 0 aromatic rings. The standard InChI is InChI=1S/C6H7O/c1-5-3-2-4-6(5)7/h2-3H,4H2,1H3. The predicted octanol–water partition coefficient (Wildman–Crippen LogP) is 0.962. The molecule has 0 bridgehead atoms. The third-order valence-electron chi connectivity index (χ3n) is 1.11. The highest BCUT2D eigenvalue weighted by Crippen LogP contribution is 2.19. The van der Waals surface area contributed by atoms with Gasteiger partial charge in [-0.1, -0.05) is 6.92 Å². The van der Waals surface area contributed by atoms with E-state index >= 15 is 0 Å². The molecule has 0 aromatic carbocycles. The van der Waals surface area contributed by atoms with Crippen LogP contribution in [0.2, 0.25) is 0 Å². The van der Waals surface area contributed by atoms with E-state index in [4.69, 9.17) is 0 Å². The lowest BCUT2D eigenvalue weighted by Gasteiger charge is -1.89. The van der Waals surface area contributed by atoms with Crippen molar-refractivity contribution in [1.29, 1.82) is 0 Å². The molecule has 0 aliphatic heterocycles. The molecule has 0 aromatic heterocycles. The van der Waals surface area contributed by atoms with Crippen LogP contribution in [0.1, 0.15) is 13.3 Å². The minimum absolute atomic E-state index is 0.264. The lowest BCUT2D eigenvalue weighted by atomic mass is 10.1. The number of hydrogen-bond acceptors (Lipinski definition) is 1. The average molecular weight is 95.1 g/mol. The second-order valence-corrected chi connectivity index (χ2v) is 1.71. The van der Waals surface area contributed by atoms with E-state index < -0.39 is 0 Å². The molecule has 1 saturated carbocycles. The van der Waals surface area contributed by atoms with E-state index in [1.807, 2.05) is 19.8 Å². The molecule has 7 heavy (non-hydrogen) atoms. The van der Waals surface area contributed by atoms with Crippen LogP contribution in [0.25, 0.3) is 0 Å². The fraction of sp³-hybridized carbons (Fsp3) is 0.333. The maximum absolute atomic E-state index is 10.5. The van der Waals surface area contributed by atoms with Crippen LogP contribution in [0.3, 0.4) is 0 Å². The SMILES string of the molecule is C[C]1[CH][CH]CC1=O. The molecule has 0 amide bonds. The fourth-order valence-corrected chi connectivity index (χ4v) is 0.597. The van der Waals surface area contributed by atoms with Gasteiger partial charge in [0.1, 0.15) is 5.78 Å². The summed E-state index contributed by atoms with van der Waals surface area (Å²) in [6.45, 7) is 1.84. The van der Waals surface area contributed by atoms with Gasteiger partial charge >= 0.3 is 0 Å². The van der Waals surface area contributed by atoms with Crippen LogP contribution in [0.15, 0.2) is 0 Å². The van der Waals surface area contributed by atoms with Crippen molar-refractivity contribution >= 4 is 5.78 Å². The summed E-state index contributed by atoms with van der Waals surface area (Å²) in [6, 6.07) is 0. The molecule has 1 fully saturated rings. The molecule has 1 aliphatic carbocycles. The van der Waals surface area contributed by atoms with Crippen LogP contribution >= 0.6 is 0 Å². The smallest absolute Gasteiger partial charge is 0.140 e. The first-order valence-electron chi connectivity index (χ1n) is 2.34. The molecule has 1 rings (SSSR count). The summed E-state index contributed by atoms with van der Waals surface area (Å²) >= 11 is 0. The fourth-order valence-electron chi connectivity index (χ4n) is 0.597.